The fraction of sp³-hybridized carbons (Fsp3) is 0.312. The largest absolute Gasteiger partial charge is 0.462 e. The van der Waals surface area contributed by atoms with Gasteiger partial charge in [0.25, 0.3) is 0 Å². The average molecular weight is 260 g/mol. The Hall–Kier alpha value is -1.90. The SMILES string of the molecule is O=C(C=Cc1cccc(F)c1)OCC1CC=CCC1. The van der Waals surface area contributed by atoms with Gasteiger partial charge >= 0.3 is 5.97 Å². The Balaban J connectivity index is 1.79. The number of benzene rings is 1. The Morgan fingerprint density at radius 3 is 3.05 bits per heavy atom. The van der Waals surface area contributed by atoms with Gasteiger partial charge in [-0.2, -0.15) is 0 Å². The van der Waals surface area contributed by atoms with Gasteiger partial charge < -0.3 is 4.74 Å². The zero-order valence-electron chi connectivity index (χ0n) is 10.7. The summed E-state index contributed by atoms with van der Waals surface area (Å²) in [6.45, 7) is 0.455. The molecule has 0 bridgehead atoms. The highest BCUT2D eigenvalue weighted by Gasteiger charge is 2.11. The zero-order valence-corrected chi connectivity index (χ0v) is 10.7. The van der Waals surface area contributed by atoms with E-state index in [1.165, 1.54) is 18.2 Å². The van der Waals surface area contributed by atoms with Crippen LogP contribution in [0, 0.1) is 11.7 Å². The molecule has 3 heteroatoms. The van der Waals surface area contributed by atoms with Crippen LogP contribution in [0.1, 0.15) is 24.8 Å². The van der Waals surface area contributed by atoms with E-state index in [1.807, 2.05) is 0 Å². The van der Waals surface area contributed by atoms with E-state index in [4.69, 9.17) is 4.74 Å². The van der Waals surface area contributed by atoms with Gasteiger partial charge in [-0.3, -0.25) is 0 Å². The van der Waals surface area contributed by atoms with Crippen LogP contribution in [0.25, 0.3) is 6.08 Å². The lowest BCUT2D eigenvalue weighted by molar-refractivity contribution is -0.139. The van der Waals surface area contributed by atoms with E-state index in [0.29, 0.717) is 18.1 Å². The summed E-state index contributed by atoms with van der Waals surface area (Å²) in [5.41, 5.74) is 0.651. The average Bonchev–Trinajstić information content (AvgIpc) is 2.44. The van der Waals surface area contributed by atoms with Gasteiger partial charge in [-0.15, -0.1) is 0 Å². The summed E-state index contributed by atoms with van der Waals surface area (Å²) in [6.07, 6.45) is 10.3. The molecule has 1 aliphatic rings. The summed E-state index contributed by atoms with van der Waals surface area (Å²) in [6, 6.07) is 6.08. The summed E-state index contributed by atoms with van der Waals surface area (Å²) in [7, 11) is 0. The van der Waals surface area contributed by atoms with Crippen molar-refractivity contribution in [3.63, 3.8) is 0 Å². The quantitative estimate of drug-likeness (QED) is 0.468. The molecule has 1 aromatic rings. The molecule has 19 heavy (non-hydrogen) atoms. The molecule has 0 saturated heterocycles. The van der Waals surface area contributed by atoms with E-state index >= 15 is 0 Å². The summed E-state index contributed by atoms with van der Waals surface area (Å²) in [4.78, 5) is 11.5. The van der Waals surface area contributed by atoms with E-state index in [9.17, 15) is 9.18 Å². The van der Waals surface area contributed by atoms with Crippen LogP contribution in [-0.2, 0) is 9.53 Å². The number of rotatable bonds is 4. The number of allylic oxidation sites excluding steroid dienone is 2. The van der Waals surface area contributed by atoms with Crippen LogP contribution in [0.5, 0.6) is 0 Å². The molecule has 0 radical (unpaired) electrons. The van der Waals surface area contributed by atoms with E-state index in [0.717, 1.165) is 19.3 Å². The van der Waals surface area contributed by atoms with Crippen molar-refractivity contribution in [1.82, 2.24) is 0 Å². The molecule has 0 heterocycles. The first-order valence-electron chi connectivity index (χ1n) is 6.49. The molecule has 0 amide bonds. The molecule has 0 spiro atoms. The van der Waals surface area contributed by atoms with Gasteiger partial charge in [0.05, 0.1) is 6.61 Å². The second-order valence-electron chi connectivity index (χ2n) is 4.67. The lowest BCUT2D eigenvalue weighted by Gasteiger charge is -2.16. The summed E-state index contributed by atoms with van der Waals surface area (Å²) in [5.74, 6) is -0.264. The van der Waals surface area contributed by atoms with Gasteiger partial charge in [0.15, 0.2) is 0 Å². The number of ether oxygens (including phenoxy) is 1. The molecule has 2 nitrogen and oxygen atoms in total. The summed E-state index contributed by atoms with van der Waals surface area (Å²) in [5, 5.41) is 0. The minimum Gasteiger partial charge on any atom is -0.462 e. The highest BCUT2D eigenvalue weighted by molar-refractivity contribution is 5.87. The van der Waals surface area contributed by atoms with Crippen LogP contribution in [0.2, 0.25) is 0 Å². The van der Waals surface area contributed by atoms with Crippen molar-refractivity contribution in [2.75, 3.05) is 6.61 Å². The highest BCUT2D eigenvalue weighted by Crippen LogP contribution is 2.18. The van der Waals surface area contributed by atoms with Gasteiger partial charge in [-0.05, 0) is 49.0 Å². The van der Waals surface area contributed by atoms with Crippen molar-refractivity contribution < 1.29 is 13.9 Å². The maximum absolute atomic E-state index is 12.9. The molecule has 1 aliphatic carbocycles. The van der Waals surface area contributed by atoms with Crippen molar-refractivity contribution in [1.29, 1.82) is 0 Å². The fourth-order valence-electron chi connectivity index (χ4n) is 2.03. The van der Waals surface area contributed by atoms with Crippen LogP contribution < -0.4 is 0 Å². The lowest BCUT2D eigenvalue weighted by Crippen LogP contribution is -2.13. The third-order valence-corrected chi connectivity index (χ3v) is 3.10. The number of esters is 1. The van der Waals surface area contributed by atoms with Crippen molar-refractivity contribution in [3.05, 3.63) is 53.9 Å². The van der Waals surface area contributed by atoms with Crippen molar-refractivity contribution >= 4 is 12.0 Å². The van der Waals surface area contributed by atoms with Gasteiger partial charge in [-0.1, -0.05) is 24.3 Å². The number of carbonyl (C=O) groups is 1. The fourth-order valence-corrected chi connectivity index (χ4v) is 2.03. The van der Waals surface area contributed by atoms with Crippen molar-refractivity contribution in [2.45, 2.75) is 19.3 Å². The maximum Gasteiger partial charge on any atom is 0.330 e. The second kappa shape index (κ2) is 6.88. The van der Waals surface area contributed by atoms with Crippen LogP contribution >= 0.6 is 0 Å². The number of hydrogen-bond donors (Lipinski definition) is 0. The number of carbonyl (C=O) groups excluding carboxylic acids is 1. The standard InChI is InChI=1S/C16H17FO2/c17-15-8-4-7-13(11-15)9-10-16(18)19-12-14-5-2-1-3-6-14/h1-2,4,7-11,14H,3,5-6,12H2. The second-order valence-corrected chi connectivity index (χ2v) is 4.67. The molecular weight excluding hydrogens is 243 g/mol. The molecule has 2 rings (SSSR count). The van der Waals surface area contributed by atoms with E-state index in [2.05, 4.69) is 12.2 Å². The van der Waals surface area contributed by atoms with Gasteiger partial charge in [0, 0.05) is 6.08 Å². The maximum atomic E-state index is 12.9. The van der Waals surface area contributed by atoms with Crippen LogP contribution in [0.4, 0.5) is 4.39 Å². The Bertz CT molecular complexity index is 491. The first-order chi connectivity index (χ1) is 9.24. The first kappa shape index (κ1) is 13.5. The van der Waals surface area contributed by atoms with Gasteiger partial charge in [0.2, 0.25) is 0 Å². The predicted molar refractivity (Wildman–Crippen MR) is 72.9 cm³/mol. The molecule has 0 aromatic heterocycles. The minimum atomic E-state index is -0.376. The molecule has 1 unspecified atom stereocenters. The molecule has 1 aromatic carbocycles. The number of hydrogen-bond acceptors (Lipinski definition) is 2. The van der Waals surface area contributed by atoms with E-state index < -0.39 is 0 Å². The molecular formula is C16H17FO2. The normalized spacial score (nSPS) is 18.7. The van der Waals surface area contributed by atoms with Crippen molar-refractivity contribution in [3.8, 4) is 0 Å². The molecule has 0 fully saturated rings. The van der Waals surface area contributed by atoms with E-state index in [-0.39, 0.29) is 11.8 Å². The third kappa shape index (κ3) is 4.70. The first-order valence-corrected chi connectivity index (χ1v) is 6.49. The number of halogens is 1. The molecule has 100 valence electrons. The van der Waals surface area contributed by atoms with Gasteiger partial charge in [0.1, 0.15) is 5.82 Å². The smallest absolute Gasteiger partial charge is 0.330 e. The molecule has 0 saturated carbocycles. The monoisotopic (exact) mass is 260 g/mol. The molecule has 0 N–H and O–H groups in total. The Labute approximate surface area is 112 Å². The molecule has 1 atom stereocenters. The zero-order chi connectivity index (χ0) is 13.5. The Morgan fingerprint density at radius 2 is 2.32 bits per heavy atom. The minimum absolute atomic E-state index is 0.315. The lowest BCUT2D eigenvalue weighted by atomic mass is 9.95. The summed E-state index contributed by atoms with van der Waals surface area (Å²) >= 11 is 0. The Morgan fingerprint density at radius 1 is 1.42 bits per heavy atom. The van der Waals surface area contributed by atoms with Crippen LogP contribution in [0.15, 0.2) is 42.5 Å². The predicted octanol–water partition coefficient (Wildman–Crippen LogP) is 3.74. The molecule has 0 aliphatic heterocycles. The van der Waals surface area contributed by atoms with Crippen LogP contribution in [0.3, 0.4) is 0 Å². The topological polar surface area (TPSA) is 26.3 Å². The summed E-state index contributed by atoms with van der Waals surface area (Å²) < 4.78 is 18.1. The van der Waals surface area contributed by atoms with E-state index in [1.54, 1.807) is 18.2 Å². The Kier molecular flexibility index (Phi) is 4.90. The van der Waals surface area contributed by atoms with Crippen molar-refractivity contribution in [2.24, 2.45) is 5.92 Å². The third-order valence-electron chi connectivity index (χ3n) is 3.10. The van der Waals surface area contributed by atoms with Gasteiger partial charge in [-0.25, -0.2) is 9.18 Å². The van der Waals surface area contributed by atoms with Crippen LogP contribution in [-0.4, -0.2) is 12.6 Å². The highest BCUT2D eigenvalue weighted by atomic mass is 19.1.